The van der Waals surface area contributed by atoms with Crippen molar-refractivity contribution in [3.63, 3.8) is 0 Å². The first-order chi connectivity index (χ1) is 11.7. The summed E-state index contributed by atoms with van der Waals surface area (Å²) in [6.07, 6.45) is 4.94. The average molecular weight is 325 g/mol. The lowest BCUT2D eigenvalue weighted by Gasteiger charge is -2.17. The van der Waals surface area contributed by atoms with Crippen molar-refractivity contribution >= 4 is 11.7 Å². The summed E-state index contributed by atoms with van der Waals surface area (Å²) in [4.78, 5) is 12.1. The van der Waals surface area contributed by atoms with Crippen LogP contribution in [0, 0.1) is 5.92 Å². The van der Waals surface area contributed by atoms with Crippen molar-refractivity contribution < 1.29 is 9.53 Å². The third-order valence-electron chi connectivity index (χ3n) is 4.06. The molecule has 3 heteroatoms. The Balaban J connectivity index is 1.89. The smallest absolute Gasteiger partial charge is 0.343 e. The average Bonchev–Trinajstić information content (AvgIpc) is 2.61. The maximum absolute atomic E-state index is 12.1. The van der Waals surface area contributed by atoms with E-state index in [4.69, 9.17) is 4.74 Å². The minimum atomic E-state index is -0.331. The van der Waals surface area contributed by atoms with Gasteiger partial charge in [-0.2, -0.15) is 0 Å². The van der Waals surface area contributed by atoms with Crippen LogP contribution in [0.1, 0.15) is 49.9 Å². The molecule has 0 aliphatic rings. The highest BCUT2D eigenvalue weighted by atomic mass is 16.5. The Bertz CT molecular complexity index is 601. The molecule has 0 aliphatic carbocycles. The maximum atomic E-state index is 12.1. The van der Waals surface area contributed by atoms with Crippen LogP contribution >= 0.6 is 0 Å². The highest BCUT2D eigenvalue weighted by Gasteiger charge is 2.09. The van der Waals surface area contributed by atoms with E-state index in [1.54, 1.807) is 12.1 Å². The number of ether oxygens (including phenoxy) is 1. The van der Waals surface area contributed by atoms with Crippen molar-refractivity contribution in [2.75, 3.05) is 11.9 Å². The second-order valence-corrected chi connectivity index (χ2v) is 6.10. The van der Waals surface area contributed by atoms with E-state index in [0.29, 0.717) is 17.2 Å². The van der Waals surface area contributed by atoms with Crippen LogP contribution in [0.5, 0.6) is 5.75 Å². The summed E-state index contributed by atoms with van der Waals surface area (Å²) in [6, 6.07) is 16.6. The number of hydrogen-bond donors (Lipinski definition) is 1. The van der Waals surface area contributed by atoms with Crippen LogP contribution in [0.25, 0.3) is 0 Å². The zero-order valence-corrected chi connectivity index (χ0v) is 14.6. The lowest BCUT2D eigenvalue weighted by Crippen LogP contribution is -2.14. The van der Waals surface area contributed by atoms with Gasteiger partial charge in [-0.1, -0.05) is 44.9 Å². The van der Waals surface area contributed by atoms with Gasteiger partial charge in [-0.3, -0.25) is 0 Å². The van der Waals surface area contributed by atoms with E-state index in [2.05, 4.69) is 19.2 Å². The normalized spacial score (nSPS) is 10.6. The van der Waals surface area contributed by atoms with Crippen LogP contribution in [0.3, 0.4) is 0 Å². The van der Waals surface area contributed by atoms with Gasteiger partial charge in [-0.05, 0) is 55.2 Å². The van der Waals surface area contributed by atoms with Crippen LogP contribution in [0.15, 0.2) is 54.6 Å². The fourth-order valence-corrected chi connectivity index (χ4v) is 2.81. The summed E-state index contributed by atoms with van der Waals surface area (Å²) in [7, 11) is 0. The fourth-order valence-electron chi connectivity index (χ4n) is 2.81. The molecule has 1 N–H and O–H groups in total. The third-order valence-corrected chi connectivity index (χ3v) is 4.06. The highest BCUT2D eigenvalue weighted by molar-refractivity contribution is 5.91. The molecule has 0 unspecified atom stereocenters. The molecule has 0 bridgehead atoms. The van der Waals surface area contributed by atoms with E-state index >= 15 is 0 Å². The number of para-hydroxylation sites is 1. The molecule has 0 saturated carbocycles. The summed E-state index contributed by atoms with van der Waals surface area (Å²) < 4.78 is 5.34. The van der Waals surface area contributed by atoms with E-state index in [9.17, 15) is 4.79 Å². The van der Waals surface area contributed by atoms with Crippen LogP contribution < -0.4 is 10.1 Å². The first-order valence-corrected chi connectivity index (χ1v) is 8.84. The van der Waals surface area contributed by atoms with Crippen molar-refractivity contribution in [2.24, 2.45) is 5.92 Å². The molecular weight excluding hydrogens is 298 g/mol. The molecular formula is C21H27NO2. The Morgan fingerprint density at radius 1 is 0.958 bits per heavy atom. The molecule has 0 saturated heterocycles. The van der Waals surface area contributed by atoms with Gasteiger partial charge < -0.3 is 10.1 Å². The molecule has 24 heavy (non-hydrogen) atoms. The van der Waals surface area contributed by atoms with Crippen LogP contribution in [0.2, 0.25) is 0 Å². The van der Waals surface area contributed by atoms with E-state index in [1.807, 2.05) is 42.5 Å². The first-order valence-electron chi connectivity index (χ1n) is 8.84. The zero-order valence-electron chi connectivity index (χ0n) is 14.6. The predicted octanol–water partition coefficient (Wildman–Crippen LogP) is 5.53. The second kappa shape index (κ2) is 9.76. The number of benzene rings is 2. The summed E-state index contributed by atoms with van der Waals surface area (Å²) in [6.45, 7) is 5.45. The highest BCUT2D eigenvalue weighted by Crippen LogP contribution is 2.17. The zero-order chi connectivity index (χ0) is 17.2. The molecule has 0 amide bonds. The minimum absolute atomic E-state index is 0.331. The molecule has 0 atom stereocenters. The summed E-state index contributed by atoms with van der Waals surface area (Å²) in [5.74, 6) is 0.942. The summed E-state index contributed by atoms with van der Waals surface area (Å²) in [5.41, 5.74) is 1.60. The predicted molar refractivity (Wildman–Crippen MR) is 99.6 cm³/mol. The standard InChI is InChI=1S/C21H27NO2/c1-3-8-17(9-4-2)16-22-19-14-12-18(13-15-19)21(23)24-20-10-6-5-7-11-20/h5-7,10-15,17,22H,3-4,8-9,16H2,1-2H3. The van der Waals surface area contributed by atoms with Crippen LogP contribution in [-0.2, 0) is 0 Å². The van der Waals surface area contributed by atoms with Crippen molar-refractivity contribution in [3.8, 4) is 5.75 Å². The molecule has 2 aromatic rings. The molecule has 0 fully saturated rings. The largest absolute Gasteiger partial charge is 0.423 e. The number of nitrogens with one attached hydrogen (secondary N) is 1. The van der Waals surface area contributed by atoms with Gasteiger partial charge >= 0.3 is 5.97 Å². The molecule has 0 aromatic heterocycles. The van der Waals surface area contributed by atoms with E-state index in [1.165, 1.54) is 25.7 Å². The van der Waals surface area contributed by atoms with Gasteiger partial charge in [0.1, 0.15) is 5.75 Å². The van der Waals surface area contributed by atoms with Crippen molar-refractivity contribution in [3.05, 3.63) is 60.2 Å². The number of esters is 1. The molecule has 0 radical (unpaired) electrons. The molecule has 128 valence electrons. The number of hydrogen-bond acceptors (Lipinski definition) is 3. The Labute approximate surface area is 145 Å². The Morgan fingerprint density at radius 2 is 1.58 bits per heavy atom. The lowest BCUT2D eigenvalue weighted by atomic mass is 9.98. The van der Waals surface area contributed by atoms with Crippen LogP contribution in [0.4, 0.5) is 5.69 Å². The van der Waals surface area contributed by atoms with Gasteiger partial charge in [0.15, 0.2) is 0 Å². The summed E-state index contributed by atoms with van der Waals surface area (Å²) in [5, 5.41) is 3.48. The SMILES string of the molecule is CCCC(CCC)CNc1ccc(C(=O)Oc2ccccc2)cc1. The van der Waals surface area contributed by atoms with E-state index in [0.717, 1.165) is 12.2 Å². The number of carbonyl (C=O) groups excluding carboxylic acids is 1. The number of rotatable bonds is 9. The molecule has 0 aliphatic heterocycles. The maximum Gasteiger partial charge on any atom is 0.343 e. The van der Waals surface area contributed by atoms with Crippen LogP contribution in [-0.4, -0.2) is 12.5 Å². The Kier molecular flexibility index (Phi) is 7.34. The molecule has 0 spiro atoms. The third kappa shape index (κ3) is 5.73. The second-order valence-electron chi connectivity index (χ2n) is 6.10. The monoisotopic (exact) mass is 325 g/mol. The Hall–Kier alpha value is -2.29. The molecule has 2 rings (SSSR count). The van der Waals surface area contributed by atoms with Crippen molar-refractivity contribution in [1.29, 1.82) is 0 Å². The summed E-state index contributed by atoms with van der Waals surface area (Å²) >= 11 is 0. The Morgan fingerprint density at radius 3 is 2.17 bits per heavy atom. The quantitative estimate of drug-likeness (QED) is 0.486. The molecule has 3 nitrogen and oxygen atoms in total. The van der Waals surface area contributed by atoms with Crippen molar-refractivity contribution in [2.45, 2.75) is 39.5 Å². The van der Waals surface area contributed by atoms with Gasteiger partial charge in [-0.15, -0.1) is 0 Å². The fraction of sp³-hybridized carbons (Fsp3) is 0.381. The minimum Gasteiger partial charge on any atom is -0.423 e. The van der Waals surface area contributed by atoms with Gasteiger partial charge in [0.05, 0.1) is 5.56 Å². The van der Waals surface area contributed by atoms with E-state index < -0.39 is 0 Å². The number of carbonyl (C=O) groups is 1. The number of anilines is 1. The van der Waals surface area contributed by atoms with Gasteiger partial charge in [0, 0.05) is 12.2 Å². The van der Waals surface area contributed by atoms with Gasteiger partial charge in [0.25, 0.3) is 0 Å². The lowest BCUT2D eigenvalue weighted by molar-refractivity contribution is 0.0735. The molecule has 2 aromatic carbocycles. The van der Waals surface area contributed by atoms with Gasteiger partial charge in [0.2, 0.25) is 0 Å². The van der Waals surface area contributed by atoms with Gasteiger partial charge in [-0.25, -0.2) is 4.79 Å². The topological polar surface area (TPSA) is 38.3 Å². The van der Waals surface area contributed by atoms with E-state index in [-0.39, 0.29) is 5.97 Å². The molecule has 0 heterocycles. The first kappa shape index (κ1) is 18.1. The van der Waals surface area contributed by atoms with Crippen molar-refractivity contribution in [1.82, 2.24) is 0 Å².